The van der Waals surface area contributed by atoms with Crippen LogP contribution in [0.2, 0.25) is 0 Å². The van der Waals surface area contributed by atoms with Gasteiger partial charge in [-0.1, -0.05) is 25.0 Å². The minimum atomic E-state index is -0.436. The summed E-state index contributed by atoms with van der Waals surface area (Å²) in [7, 11) is 5.24. The summed E-state index contributed by atoms with van der Waals surface area (Å²) in [5.74, 6) is 0.972. The lowest BCUT2D eigenvalue weighted by Gasteiger charge is -2.44. The van der Waals surface area contributed by atoms with Crippen molar-refractivity contribution in [3.63, 3.8) is 0 Å². The molecule has 1 heterocycles. The number of nitrogens with zero attached hydrogens (tertiary/aromatic N) is 4. The second-order valence-electron chi connectivity index (χ2n) is 7.17. The molecule has 1 fully saturated rings. The Morgan fingerprint density at radius 3 is 2.83 bits per heavy atom. The number of allylic oxidation sites excluding steroid dienone is 2. The molecule has 2 aliphatic carbocycles. The summed E-state index contributed by atoms with van der Waals surface area (Å²) in [5, 5.41) is 0. The van der Waals surface area contributed by atoms with Gasteiger partial charge in [-0.25, -0.2) is 14.2 Å². The third-order valence-electron chi connectivity index (χ3n) is 5.49. The van der Waals surface area contributed by atoms with Gasteiger partial charge in [-0.15, -0.1) is 0 Å². The fraction of sp³-hybridized carbons (Fsp3) is 0.706. The van der Waals surface area contributed by atoms with Crippen LogP contribution >= 0.6 is 0 Å². The van der Waals surface area contributed by atoms with Crippen molar-refractivity contribution in [2.24, 2.45) is 18.4 Å². The first-order chi connectivity index (χ1) is 10.9. The first kappa shape index (κ1) is 16.0. The van der Waals surface area contributed by atoms with Crippen LogP contribution in [0.25, 0.3) is 0 Å². The van der Waals surface area contributed by atoms with Gasteiger partial charge in [0.1, 0.15) is 0 Å². The van der Waals surface area contributed by atoms with E-state index in [2.05, 4.69) is 17.1 Å². The first-order valence-electron chi connectivity index (χ1n) is 8.47. The Bertz CT molecular complexity index is 731. The normalized spacial score (nSPS) is 26.8. The van der Waals surface area contributed by atoms with Crippen LogP contribution < -0.4 is 16.3 Å². The standard InChI is InChI=1S/C17H26N4O2/c1-19(2)14-18-15(22)21(16(23)20(14)3)12-17-10-6-4-8-13(17)9-5-7-11-17/h6,10,13H,4-5,7-9,11-12H2,1-3H3. The van der Waals surface area contributed by atoms with Crippen molar-refractivity contribution in [1.29, 1.82) is 0 Å². The number of hydrogen-bond donors (Lipinski definition) is 0. The van der Waals surface area contributed by atoms with E-state index in [1.54, 1.807) is 26.0 Å². The number of rotatable bonds is 3. The molecule has 23 heavy (non-hydrogen) atoms. The van der Waals surface area contributed by atoms with Crippen LogP contribution in [0, 0.1) is 11.3 Å². The van der Waals surface area contributed by atoms with Crippen molar-refractivity contribution >= 4 is 5.95 Å². The molecule has 1 aromatic rings. The molecule has 0 amide bonds. The van der Waals surface area contributed by atoms with E-state index in [0.717, 1.165) is 19.3 Å². The predicted molar refractivity (Wildman–Crippen MR) is 90.8 cm³/mol. The van der Waals surface area contributed by atoms with E-state index in [0.29, 0.717) is 18.4 Å². The van der Waals surface area contributed by atoms with Crippen LogP contribution in [0.4, 0.5) is 5.95 Å². The lowest BCUT2D eigenvalue weighted by Crippen LogP contribution is -2.48. The molecule has 0 bridgehead atoms. The average molecular weight is 318 g/mol. The second kappa shape index (κ2) is 5.98. The highest BCUT2D eigenvalue weighted by molar-refractivity contribution is 5.25. The maximum Gasteiger partial charge on any atom is 0.354 e. The predicted octanol–water partition coefficient (Wildman–Crippen LogP) is 1.53. The van der Waals surface area contributed by atoms with Crippen LogP contribution in [0.3, 0.4) is 0 Å². The van der Waals surface area contributed by atoms with E-state index in [1.807, 2.05) is 0 Å². The quantitative estimate of drug-likeness (QED) is 0.793. The number of anilines is 1. The van der Waals surface area contributed by atoms with Gasteiger partial charge < -0.3 is 4.90 Å². The molecule has 2 aliphatic rings. The van der Waals surface area contributed by atoms with Gasteiger partial charge in [0.05, 0.1) is 0 Å². The van der Waals surface area contributed by atoms with Gasteiger partial charge in [0, 0.05) is 33.1 Å². The topological polar surface area (TPSA) is 60.1 Å². The number of aromatic nitrogens is 3. The maximum atomic E-state index is 12.7. The molecule has 1 saturated carbocycles. The zero-order chi connectivity index (χ0) is 16.6. The Balaban J connectivity index is 2.04. The van der Waals surface area contributed by atoms with Crippen LogP contribution in [-0.4, -0.2) is 28.2 Å². The summed E-state index contributed by atoms with van der Waals surface area (Å²) < 4.78 is 2.80. The Kier molecular flexibility index (Phi) is 4.17. The van der Waals surface area contributed by atoms with Crippen molar-refractivity contribution in [2.75, 3.05) is 19.0 Å². The number of hydrogen-bond acceptors (Lipinski definition) is 4. The minimum absolute atomic E-state index is 0.0478. The highest BCUT2D eigenvalue weighted by atomic mass is 16.2. The molecule has 6 nitrogen and oxygen atoms in total. The zero-order valence-corrected chi connectivity index (χ0v) is 14.3. The molecule has 0 spiro atoms. The molecule has 0 radical (unpaired) electrons. The van der Waals surface area contributed by atoms with Crippen molar-refractivity contribution in [3.8, 4) is 0 Å². The Morgan fingerprint density at radius 1 is 1.30 bits per heavy atom. The van der Waals surface area contributed by atoms with Crippen LogP contribution in [0.1, 0.15) is 38.5 Å². The summed E-state index contributed by atoms with van der Waals surface area (Å²) in [6.07, 6.45) is 11.4. The summed E-state index contributed by atoms with van der Waals surface area (Å²) in [4.78, 5) is 30.9. The Morgan fingerprint density at radius 2 is 2.09 bits per heavy atom. The molecule has 0 aromatic carbocycles. The fourth-order valence-electron chi connectivity index (χ4n) is 4.26. The van der Waals surface area contributed by atoms with Gasteiger partial charge >= 0.3 is 11.4 Å². The van der Waals surface area contributed by atoms with Crippen molar-refractivity contribution in [3.05, 3.63) is 33.1 Å². The summed E-state index contributed by atoms with van der Waals surface area (Å²) >= 11 is 0. The smallest absolute Gasteiger partial charge is 0.348 e. The molecule has 3 rings (SSSR count). The molecule has 126 valence electrons. The van der Waals surface area contributed by atoms with Gasteiger partial charge in [-0.05, 0) is 31.6 Å². The second-order valence-corrected chi connectivity index (χ2v) is 7.17. The highest BCUT2D eigenvalue weighted by Gasteiger charge is 2.40. The van der Waals surface area contributed by atoms with E-state index in [9.17, 15) is 9.59 Å². The van der Waals surface area contributed by atoms with Crippen molar-refractivity contribution in [1.82, 2.24) is 14.1 Å². The monoisotopic (exact) mass is 318 g/mol. The number of fused-ring (bicyclic) bond motifs is 1. The van der Waals surface area contributed by atoms with Crippen LogP contribution in [0.5, 0.6) is 0 Å². The molecular weight excluding hydrogens is 292 g/mol. The molecular formula is C17H26N4O2. The van der Waals surface area contributed by atoms with Crippen molar-refractivity contribution < 1.29 is 0 Å². The van der Waals surface area contributed by atoms with Gasteiger partial charge in [-0.2, -0.15) is 4.98 Å². The minimum Gasteiger partial charge on any atom is -0.348 e. The summed E-state index contributed by atoms with van der Waals surface area (Å²) in [5.41, 5.74) is -0.755. The summed E-state index contributed by atoms with van der Waals surface area (Å²) in [6.45, 7) is 0.459. The lowest BCUT2D eigenvalue weighted by atomic mass is 9.62. The SMILES string of the molecule is CN(C)c1nc(=O)n(CC23C=CCCC2CCCC3)c(=O)n1C. The average Bonchev–Trinajstić information content (AvgIpc) is 2.54. The highest BCUT2D eigenvalue weighted by Crippen LogP contribution is 2.48. The lowest BCUT2D eigenvalue weighted by molar-refractivity contribution is 0.106. The van der Waals surface area contributed by atoms with E-state index in [1.165, 1.54) is 28.4 Å². The van der Waals surface area contributed by atoms with Gasteiger partial charge in [0.2, 0.25) is 5.95 Å². The third kappa shape index (κ3) is 2.75. The van der Waals surface area contributed by atoms with Gasteiger partial charge in [-0.3, -0.25) is 4.57 Å². The van der Waals surface area contributed by atoms with Crippen molar-refractivity contribution in [2.45, 2.75) is 45.1 Å². The molecule has 0 aliphatic heterocycles. The van der Waals surface area contributed by atoms with Crippen LogP contribution in [0.15, 0.2) is 21.7 Å². The maximum absolute atomic E-state index is 12.7. The largest absolute Gasteiger partial charge is 0.354 e. The molecule has 6 heteroatoms. The van der Waals surface area contributed by atoms with Crippen LogP contribution in [-0.2, 0) is 13.6 Å². The van der Waals surface area contributed by atoms with Gasteiger partial charge in [0.15, 0.2) is 0 Å². The molecule has 1 aromatic heterocycles. The third-order valence-corrected chi connectivity index (χ3v) is 5.49. The Labute approximate surface area is 136 Å². The molecule has 2 atom stereocenters. The van der Waals surface area contributed by atoms with E-state index in [4.69, 9.17) is 0 Å². The first-order valence-corrected chi connectivity index (χ1v) is 8.47. The van der Waals surface area contributed by atoms with Gasteiger partial charge in [0.25, 0.3) is 0 Å². The molecule has 2 unspecified atom stereocenters. The van der Waals surface area contributed by atoms with E-state index >= 15 is 0 Å². The molecule has 0 N–H and O–H groups in total. The Hall–Kier alpha value is -1.85. The fourth-order valence-corrected chi connectivity index (χ4v) is 4.26. The summed E-state index contributed by atoms with van der Waals surface area (Å²) in [6, 6.07) is 0. The van der Waals surface area contributed by atoms with E-state index in [-0.39, 0.29) is 11.1 Å². The van der Waals surface area contributed by atoms with E-state index < -0.39 is 5.69 Å². The molecule has 0 saturated heterocycles. The zero-order valence-electron chi connectivity index (χ0n) is 14.3.